The Labute approximate surface area is 309 Å². The quantitative estimate of drug-likeness (QED) is 0.0995. The molecule has 0 aliphatic heterocycles. The van der Waals surface area contributed by atoms with Gasteiger partial charge in [0.15, 0.2) is 0 Å². The minimum atomic E-state index is -0.212. The van der Waals surface area contributed by atoms with Gasteiger partial charge in [-0.1, -0.05) is 103 Å². The van der Waals surface area contributed by atoms with Crippen molar-refractivity contribution in [1.82, 2.24) is 0 Å². The van der Waals surface area contributed by atoms with Crippen molar-refractivity contribution in [2.75, 3.05) is 4.90 Å². The average molecular weight is 674 g/mol. The number of nitriles is 4. The van der Waals surface area contributed by atoms with Crippen LogP contribution in [0.15, 0.2) is 175 Å². The van der Waals surface area contributed by atoms with Crippen LogP contribution in [0.2, 0.25) is 0 Å². The number of anilines is 3. The number of benzene rings is 6. The monoisotopic (exact) mass is 673 g/mol. The summed E-state index contributed by atoms with van der Waals surface area (Å²) in [6.07, 6.45) is 0. The normalized spacial score (nSPS) is 9.51. The number of hydrogen-bond acceptors (Lipinski definition) is 5. The first-order chi connectivity index (χ1) is 26.1. The van der Waals surface area contributed by atoms with Gasteiger partial charge < -0.3 is 4.90 Å². The summed E-state index contributed by atoms with van der Waals surface area (Å²) in [5.74, 6) is 12.9. The summed E-state index contributed by atoms with van der Waals surface area (Å²) in [4.78, 5) is 2.08. The molecule has 0 spiro atoms. The summed E-state index contributed by atoms with van der Waals surface area (Å²) < 4.78 is 0. The van der Waals surface area contributed by atoms with Crippen molar-refractivity contribution >= 4 is 28.2 Å². The molecule has 0 heterocycles. The third-order valence-electron chi connectivity index (χ3n) is 8.17. The van der Waals surface area contributed by atoms with E-state index in [0.717, 1.165) is 39.3 Å². The summed E-state index contributed by atoms with van der Waals surface area (Å²) in [5, 5.41) is 39.9. The van der Waals surface area contributed by atoms with E-state index in [2.05, 4.69) is 28.6 Å². The van der Waals surface area contributed by atoms with Crippen LogP contribution in [0.1, 0.15) is 33.4 Å². The molecule has 0 aromatic heterocycles. The molecule has 0 bridgehead atoms. The lowest BCUT2D eigenvalue weighted by molar-refractivity contribution is 1.28. The third-order valence-corrected chi connectivity index (χ3v) is 8.17. The van der Waals surface area contributed by atoms with Crippen molar-refractivity contribution in [2.45, 2.75) is 0 Å². The molecule has 6 aromatic rings. The van der Waals surface area contributed by atoms with Crippen LogP contribution in [0.5, 0.6) is 0 Å². The first-order valence-electron chi connectivity index (χ1n) is 16.5. The molecule has 0 atom stereocenters. The summed E-state index contributed by atoms with van der Waals surface area (Å²) in [6, 6.07) is 59.6. The average Bonchev–Trinajstić information content (AvgIpc) is 3.23. The molecule has 244 valence electrons. The van der Waals surface area contributed by atoms with Crippen molar-refractivity contribution in [2.24, 2.45) is 0 Å². The molecular formula is C48H27N5. The zero-order chi connectivity index (χ0) is 36.8. The van der Waals surface area contributed by atoms with Crippen molar-refractivity contribution in [3.8, 4) is 48.0 Å². The standard InChI is InChI=1S/C48H27N5/c49-32-42(33-50)47(40-14-8-3-9-15-40)48(43(34-51)35-52)41-24-30-46(31-25-41)53(44-26-20-38(21-27-44)18-16-36-10-4-1-5-11-36)45-28-22-39(23-29-45)19-17-37-12-6-2-7-13-37/h1-15,20-31H. The number of allylic oxidation sites excluding steroid dienone is 4. The first kappa shape index (κ1) is 34.5. The maximum Gasteiger partial charge on any atom is 0.138 e. The predicted octanol–water partition coefficient (Wildman–Crippen LogP) is 10.3. The van der Waals surface area contributed by atoms with Gasteiger partial charge in [-0.2, -0.15) is 21.0 Å². The first-order valence-corrected chi connectivity index (χ1v) is 16.5. The molecule has 0 unspecified atom stereocenters. The summed E-state index contributed by atoms with van der Waals surface area (Å²) in [5.41, 5.74) is 7.18. The summed E-state index contributed by atoms with van der Waals surface area (Å²) in [7, 11) is 0. The van der Waals surface area contributed by atoms with Gasteiger partial charge in [-0.25, -0.2) is 0 Å². The summed E-state index contributed by atoms with van der Waals surface area (Å²) >= 11 is 0. The van der Waals surface area contributed by atoms with E-state index in [-0.39, 0.29) is 22.3 Å². The van der Waals surface area contributed by atoms with Crippen molar-refractivity contribution in [3.05, 3.63) is 208 Å². The fourth-order valence-corrected chi connectivity index (χ4v) is 5.65. The molecule has 0 saturated heterocycles. The molecule has 0 radical (unpaired) electrons. The molecule has 0 amide bonds. The zero-order valence-electron chi connectivity index (χ0n) is 28.3. The Hall–Kier alpha value is -8.32. The van der Waals surface area contributed by atoms with E-state index in [4.69, 9.17) is 0 Å². The van der Waals surface area contributed by atoms with Gasteiger partial charge in [0.05, 0.1) is 0 Å². The highest BCUT2D eigenvalue weighted by atomic mass is 15.1. The van der Waals surface area contributed by atoms with Crippen LogP contribution in [0.25, 0.3) is 11.1 Å². The maximum absolute atomic E-state index is 10.0. The molecule has 0 N–H and O–H groups in total. The van der Waals surface area contributed by atoms with E-state index in [0.29, 0.717) is 11.1 Å². The highest BCUT2D eigenvalue weighted by Crippen LogP contribution is 2.39. The van der Waals surface area contributed by atoms with Crippen LogP contribution in [0, 0.1) is 69.0 Å². The van der Waals surface area contributed by atoms with E-state index in [1.54, 1.807) is 36.4 Å². The lowest BCUT2D eigenvalue weighted by Crippen LogP contribution is -2.10. The Morgan fingerprint density at radius 1 is 0.321 bits per heavy atom. The van der Waals surface area contributed by atoms with E-state index < -0.39 is 0 Å². The minimum absolute atomic E-state index is 0.203. The minimum Gasteiger partial charge on any atom is -0.311 e. The Kier molecular flexibility index (Phi) is 11.0. The van der Waals surface area contributed by atoms with E-state index in [9.17, 15) is 21.0 Å². The molecule has 5 nitrogen and oxygen atoms in total. The SMILES string of the molecule is N#CC(C#N)=C(C(=C(C#N)C#N)c1ccc(N(c2ccc(C#Cc3ccccc3)cc2)c2ccc(C#Cc3ccccc3)cc2)cc1)c1ccccc1. The van der Waals surface area contributed by atoms with Gasteiger partial charge >= 0.3 is 0 Å². The van der Waals surface area contributed by atoms with Crippen LogP contribution in [0.3, 0.4) is 0 Å². The smallest absolute Gasteiger partial charge is 0.138 e. The van der Waals surface area contributed by atoms with Gasteiger partial charge in [-0.15, -0.1) is 0 Å². The predicted molar refractivity (Wildman–Crippen MR) is 209 cm³/mol. The fourth-order valence-electron chi connectivity index (χ4n) is 5.65. The molecule has 53 heavy (non-hydrogen) atoms. The second-order valence-corrected chi connectivity index (χ2v) is 11.5. The number of rotatable bonds is 6. The fraction of sp³-hybridized carbons (Fsp3) is 0. The lowest BCUT2D eigenvalue weighted by Gasteiger charge is -2.26. The zero-order valence-corrected chi connectivity index (χ0v) is 28.3. The maximum atomic E-state index is 10.0. The van der Waals surface area contributed by atoms with Crippen molar-refractivity contribution in [1.29, 1.82) is 21.0 Å². The highest BCUT2D eigenvalue weighted by Gasteiger charge is 2.22. The number of hydrogen-bond donors (Lipinski definition) is 0. The molecular weight excluding hydrogens is 647 g/mol. The topological polar surface area (TPSA) is 98.4 Å². The van der Waals surface area contributed by atoms with Gasteiger partial charge in [-0.3, -0.25) is 0 Å². The molecule has 6 aromatic carbocycles. The van der Waals surface area contributed by atoms with Crippen LogP contribution in [0.4, 0.5) is 17.1 Å². The van der Waals surface area contributed by atoms with Crippen molar-refractivity contribution < 1.29 is 0 Å². The molecule has 0 aliphatic rings. The van der Waals surface area contributed by atoms with Gasteiger partial charge in [0, 0.05) is 50.5 Å². The second-order valence-electron chi connectivity index (χ2n) is 11.5. The highest BCUT2D eigenvalue weighted by molar-refractivity contribution is 6.11. The molecule has 0 aliphatic carbocycles. The van der Waals surface area contributed by atoms with Crippen LogP contribution in [-0.4, -0.2) is 0 Å². The van der Waals surface area contributed by atoms with Gasteiger partial charge in [-0.05, 0) is 96.1 Å². The van der Waals surface area contributed by atoms with E-state index >= 15 is 0 Å². The molecule has 0 saturated carbocycles. The van der Waals surface area contributed by atoms with Gasteiger partial charge in [0.1, 0.15) is 35.4 Å². The third kappa shape index (κ3) is 8.29. The molecule has 5 heteroatoms. The van der Waals surface area contributed by atoms with Crippen molar-refractivity contribution in [3.63, 3.8) is 0 Å². The van der Waals surface area contributed by atoms with E-state index in [1.807, 2.05) is 152 Å². The van der Waals surface area contributed by atoms with Crippen LogP contribution < -0.4 is 4.90 Å². The lowest BCUT2D eigenvalue weighted by atomic mass is 9.86. The Bertz CT molecular complexity index is 2470. The Balaban J connectivity index is 1.43. The number of nitrogens with zero attached hydrogens (tertiary/aromatic N) is 5. The second kappa shape index (κ2) is 16.9. The van der Waals surface area contributed by atoms with Crippen LogP contribution >= 0.6 is 0 Å². The van der Waals surface area contributed by atoms with Gasteiger partial charge in [0.25, 0.3) is 0 Å². The van der Waals surface area contributed by atoms with E-state index in [1.165, 1.54) is 0 Å². The molecule has 0 fully saturated rings. The van der Waals surface area contributed by atoms with Crippen LogP contribution in [-0.2, 0) is 0 Å². The summed E-state index contributed by atoms with van der Waals surface area (Å²) in [6.45, 7) is 0. The Morgan fingerprint density at radius 2 is 0.604 bits per heavy atom. The van der Waals surface area contributed by atoms with Gasteiger partial charge in [0.2, 0.25) is 0 Å². The largest absolute Gasteiger partial charge is 0.311 e. The Morgan fingerprint density at radius 3 is 0.943 bits per heavy atom. The molecule has 6 rings (SSSR count).